The van der Waals surface area contributed by atoms with Crippen molar-refractivity contribution in [2.24, 2.45) is 0 Å². The van der Waals surface area contributed by atoms with E-state index in [1.807, 2.05) is 26.0 Å². The van der Waals surface area contributed by atoms with E-state index in [9.17, 15) is 9.59 Å². The molecule has 0 saturated heterocycles. The van der Waals surface area contributed by atoms with Crippen LogP contribution >= 0.6 is 12.2 Å². The minimum atomic E-state index is -0.282. The Morgan fingerprint density at radius 2 is 2.04 bits per heavy atom. The second-order valence-electron chi connectivity index (χ2n) is 5.31. The smallest absolute Gasteiger partial charge is 0.259 e. The molecule has 2 heterocycles. The zero-order chi connectivity index (χ0) is 16.6. The molecule has 0 bridgehead atoms. The summed E-state index contributed by atoms with van der Waals surface area (Å²) in [6.07, 6.45) is 0. The molecule has 0 aliphatic heterocycles. The van der Waals surface area contributed by atoms with E-state index < -0.39 is 0 Å². The largest absolute Gasteiger partial charge is 0.464 e. The molecule has 1 amide bonds. The van der Waals surface area contributed by atoms with Crippen molar-refractivity contribution in [3.05, 3.63) is 62.5 Å². The predicted molar refractivity (Wildman–Crippen MR) is 89.1 cm³/mol. The van der Waals surface area contributed by atoms with Gasteiger partial charge in [0.25, 0.3) is 11.5 Å². The summed E-state index contributed by atoms with van der Waals surface area (Å²) in [5, 5.41) is 3.31. The van der Waals surface area contributed by atoms with Crippen molar-refractivity contribution in [1.82, 2.24) is 15.3 Å². The molecule has 0 aliphatic carbocycles. The van der Waals surface area contributed by atoms with Crippen LogP contribution in [0.1, 0.15) is 34.8 Å². The number of fused-ring (bicyclic) bond motifs is 1. The third kappa shape index (κ3) is 3.09. The first-order valence-electron chi connectivity index (χ1n) is 7.07. The fourth-order valence-electron chi connectivity index (χ4n) is 2.35. The molecule has 0 saturated carbocycles. The maximum Gasteiger partial charge on any atom is 0.259 e. The molecular formula is C16H15N3O3S. The Hall–Kier alpha value is -2.67. The maximum absolute atomic E-state index is 12.4. The van der Waals surface area contributed by atoms with Crippen molar-refractivity contribution >= 4 is 29.0 Å². The Kier molecular flexibility index (Phi) is 3.87. The summed E-state index contributed by atoms with van der Waals surface area (Å²) >= 11 is 4.95. The molecule has 3 aromatic rings. The van der Waals surface area contributed by atoms with Gasteiger partial charge in [0.2, 0.25) is 0 Å². The number of hydrogen-bond donors (Lipinski definition) is 3. The van der Waals surface area contributed by atoms with E-state index in [0.29, 0.717) is 22.2 Å². The molecule has 23 heavy (non-hydrogen) atoms. The summed E-state index contributed by atoms with van der Waals surface area (Å²) < 4.78 is 5.73. The summed E-state index contributed by atoms with van der Waals surface area (Å²) in [7, 11) is 0. The Labute approximate surface area is 136 Å². The Morgan fingerprint density at radius 3 is 2.74 bits per heavy atom. The van der Waals surface area contributed by atoms with Crippen molar-refractivity contribution in [2.45, 2.75) is 19.9 Å². The van der Waals surface area contributed by atoms with Gasteiger partial charge in [0.1, 0.15) is 11.5 Å². The second kappa shape index (κ2) is 5.85. The first-order chi connectivity index (χ1) is 10.9. The number of aromatic nitrogens is 2. The lowest BCUT2D eigenvalue weighted by molar-refractivity contribution is 0.0935. The molecule has 0 unspecified atom stereocenters. The quantitative estimate of drug-likeness (QED) is 0.644. The average Bonchev–Trinajstić information content (AvgIpc) is 2.93. The third-order valence-corrected chi connectivity index (χ3v) is 3.74. The second-order valence-corrected chi connectivity index (χ2v) is 5.72. The van der Waals surface area contributed by atoms with Gasteiger partial charge in [-0.1, -0.05) is 0 Å². The van der Waals surface area contributed by atoms with Gasteiger partial charge in [-0.3, -0.25) is 14.6 Å². The van der Waals surface area contributed by atoms with Gasteiger partial charge < -0.3 is 14.7 Å². The number of amides is 1. The van der Waals surface area contributed by atoms with Crippen LogP contribution in [0.3, 0.4) is 0 Å². The molecular weight excluding hydrogens is 314 g/mol. The van der Waals surface area contributed by atoms with Gasteiger partial charge in [0.05, 0.1) is 16.9 Å². The van der Waals surface area contributed by atoms with Crippen molar-refractivity contribution in [1.29, 1.82) is 0 Å². The number of aryl methyl sites for hydroxylation is 1. The molecule has 3 N–H and O–H groups in total. The number of nitrogens with one attached hydrogen (secondary N) is 3. The SMILES string of the molecule is Cc1ccc([C@H](C)NC(=O)c2ccc3c(=O)[nH]c(=S)[nH]c3c2)o1. The number of carbonyl (C=O) groups excluding carboxylic acids is 1. The molecule has 3 rings (SSSR count). The highest BCUT2D eigenvalue weighted by molar-refractivity contribution is 7.71. The first-order valence-corrected chi connectivity index (χ1v) is 7.48. The molecule has 7 heteroatoms. The van der Waals surface area contributed by atoms with E-state index in [2.05, 4.69) is 15.3 Å². The normalized spacial score (nSPS) is 12.3. The van der Waals surface area contributed by atoms with Gasteiger partial charge in [0.15, 0.2) is 4.77 Å². The Balaban J connectivity index is 1.89. The number of carbonyl (C=O) groups is 1. The predicted octanol–water partition coefficient (Wildman–Crippen LogP) is 2.98. The monoisotopic (exact) mass is 329 g/mol. The number of furan rings is 1. The van der Waals surface area contributed by atoms with Crippen LogP contribution in [0.4, 0.5) is 0 Å². The molecule has 1 atom stereocenters. The zero-order valence-electron chi connectivity index (χ0n) is 12.6. The number of hydrogen-bond acceptors (Lipinski definition) is 4. The van der Waals surface area contributed by atoms with E-state index >= 15 is 0 Å². The van der Waals surface area contributed by atoms with Crippen molar-refractivity contribution in [3.63, 3.8) is 0 Å². The average molecular weight is 329 g/mol. The molecule has 118 valence electrons. The molecule has 0 aliphatic rings. The molecule has 0 spiro atoms. The van der Waals surface area contributed by atoms with Crippen LogP contribution in [0.15, 0.2) is 39.5 Å². The van der Waals surface area contributed by atoms with Crippen molar-refractivity contribution in [3.8, 4) is 0 Å². The molecule has 1 aromatic carbocycles. The minimum absolute atomic E-state index is 0.222. The van der Waals surface area contributed by atoms with Crippen LogP contribution in [0.2, 0.25) is 0 Å². The van der Waals surface area contributed by atoms with Crippen LogP contribution in [0.5, 0.6) is 0 Å². The maximum atomic E-state index is 12.4. The summed E-state index contributed by atoms with van der Waals surface area (Å²) in [6, 6.07) is 8.22. The van der Waals surface area contributed by atoms with Crippen LogP contribution < -0.4 is 10.9 Å². The lowest BCUT2D eigenvalue weighted by Crippen LogP contribution is -2.26. The van der Waals surface area contributed by atoms with Gasteiger partial charge in [-0.15, -0.1) is 0 Å². The van der Waals surface area contributed by atoms with Gasteiger partial charge in [-0.05, 0) is 56.4 Å². The summed E-state index contributed by atoms with van der Waals surface area (Å²) in [4.78, 5) is 29.5. The van der Waals surface area contributed by atoms with Crippen molar-refractivity contribution in [2.75, 3.05) is 0 Å². The zero-order valence-corrected chi connectivity index (χ0v) is 13.4. The molecule has 2 aromatic heterocycles. The van der Waals surface area contributed by atoms with Gasteiger partial charge in [-0.25, -0.2) is 0 Å². The van der Waals surface area contributed by atoms with Gasteiger partial charge >= 0.3 is 0 Å². The Bertz CT molecular complexity index is 999. The minimum Gasteiger partial charge on any atom is -0.464 e. The Morgan fingerprint density at radius 1 is 1.26 bits per heavy atom. The van der Waals surface area contributed by atoms with Crippen LogP contribution in [0.25, 0.3) is 10.9 Å². The fourth-order valence-corrected chi connectivity index (χ4v) is 2.55. The lowest BCUT2D eigenvalue weighted by Gasteiger charge is -2.12. The fraction of sp³-hybridized carbons (Fsp3) is 0.188. The molecule has 0 fully saturated rings. The summed E-state index contributed by atoms with van der Waals surface area (Å²) in [5.74, 6) is 1.22. The highest BCUT2D eigenvalue weighted by Crippen LogP contribution is 2.17. The topological polar surface area (TPSA) is 90.9 Å². The van der Waals surface area contributed by atoms with Gasteiger partial charge in [-0.2, -0.15) is 0 Å². The van der Waals surface area contributed by atoms with Crippen molar-refractivity contribution < 1.29 is 9.21 Å². The van der Waals surface area contributed by atoms with E-state index in [0.717, 1.165) is 5.76 Å². The van der Waals surface area contributed by atoms with E-state index in [1.165, 1.54) is 0 Å². The first kappa shape index (κ1) is 15.2. The number of benzene rings is 1. The van der Waals surface area contributed by atoms with Gasteiger partial charge in [0, 0.05) is 5.56 Å². The number of aromatic amines is 2. The van der Waals surface area contributed by atoms with Crippen LogP contribution in [-0.2, 0) is 0 Å². The number of H-pyrrole nitrogens is 2. The third-order valence-electron chi connectivity index (χ3n) is 3.54. The summed E-state index contributed by atoms with van der Waals surface area (Å²) in [6.45, 7) is 3.69. The standard InChI is InChI=1S/C16H15N3O3S/c1-8-3-6-13(22-8)9(2)17-14(20)10-4-5-11-12(7-10)18-16(23)19-15(11)21/h3-7,9H,1-2H3,(H,17,20)(H2,18,19,21,23)/t9-/m0/s1. The summed E-state index contributed by atoms with van der Waals surface area (Å²) in [5.41, 5.74) is 0.673. The number of rotatable bonds is 3. The van der Waals surface area contributed by atoms with E-state index in [-0.39, 0.29) is 22.3 Å². The highest BCUT2D eigenvalue weighted by Gasteiger charge is 2.15. The highest BCUT2D eigenvalue weighted by atomic mass is 32.1. The molecule has 0 radical (unpaired) electrons. The van der Waals surface area contributed by atoms with E-state index in [4.69, 9.17) is 16.6 Å². The molecule has 6 nitrogen and oxygen atoms in total. The van der Waals surface area contributed by atoms with Crippen LogP contribution in [0, 0.1) is 11.7 Å². The van der Waals surface area contributed by atoms with E-state index in [1.54, 1.807) is 18.2 Å². The van der Waals surface area contributed by atoms with Crippen LogP contribution in [-0.4, -0.2) is 15.9 Å². The lowest BCUT2D eigenvalue weighted by atomic mass is 10.1.